The molecule has 0 amide bonds. The van der Waals surface area contributed by atoms with Gasteiger partial charge in [0.05, 0.1) is 6.54 Å². The Labute approximate surface area is 108 Å². The monoisotopic (exact) mass is 251 g/mol. The molecule has 1 aliphatic rings. The lowest BCUT2D eigenvalue weighted by atomic mass is 10.1. The van der Waals surface area contributed by atoms with Crippen LogP contribution in [0.1, 0.15) is 36.5 Å². The highest BCUT2D eigenvalue weighted by Crippen LogP contribution is 2.27. The van der Waals surface area contributed by atoms with Gasteiger partial charge >= 0.3 is 0 Å². The van der Waals surface area contributed by atoms with Gasteiger partial charge in [0.25, 0.3) is 0 Å². The molecule has 0 aliphatic heterocycles. The first-order valence-electron chi connectivity index (χ1n) is 6.23. The first-order valence-corrected chi connectivity index (χ1v) is 6.61. The van der Waals surface area contributed by atoms with Crippen LogP contribution in [0.15, 0.2) is 24.3 Å². The van der Waals surface area contributed by atoms with Gasteiger partial charge < -0.3 is 0 Å². The predicted molar refractivity (Wildman–Crippen MR) is 70.7 cm³/mol. The zero-order valence-corrected chi connectivity index (χ0v) is 10.9. The lowest BCUT2D eigenvalue weighted by Gasteiger charge is -2.20. The molecule has 1 aliphatic carbocycles. The summed E-state index contributed by atoms with van der Waals surface area (Å²) in [6.45, 7) is 3.71. The van der Waals surface area contributed by atoms with Crippen LogP contribution in [-0.4, -0.2) is 29.8 Å². The largest absolute Gasteiger partial charge is 0.293 e. The molecule has 2 rings (SSSR count). The number of carbonyl (C=O) groups excluding carboxylic acids is 1. The third-order valence-corrected chi connectivity index (χ3v) is 3.34. The Kier molecular flexibility index (Phi) is 4.19. The highest BCUT2D eigenvalue weighted by molar-refractivity contribution is 6.30. The Bertz CT molecular complexity index is 384. The maximum absolute atomic E-state index is 12.1. The van der Waals surface area contributed by atoms with E-state index in [4.69, 9.17) is 11.6 Å². The summed E-state index contributed by atoms with van der Waals surface area (Å²) in [5.74, 6) is 0.196. The van der Waals surface area contributed by atoms with Gasteiger partial charge in [-0.25, -0.2) is 0 Å². The van der Waals surface area contributed by atoms with Gasteiger partial charge in [-0.3, -0.25) is 9.69 Å². The second-order valence-electron chi connectivity index (χ2n) is 4.63. The second kappa shape index (κ2) is 5.65. The molecule has 0 unspecified atom stereocenters. The zero-order valence-electron chi connectivity index (χ0n) is 10.2. The lowest BCUT2D eigenvalue weighted by Crippen LogP contribution is -2.32. The van der Waals surface area contributed by atoms with Gasteiger partial charge in [-0.2, -0.15) is 0 Å². The molecule has 0 radical (unpaired) electrons. The molecule has 2 nitrogen and oxygen atoms in total. The first-order chi connectivity index (χ1) is 8.20. The first kappa shape index (κ1) is 12.6. The van der Waals surface area contributed by atoms with E-state index in [1.54, 1.807) is 12.1 Å². The number of ketones is 1. The third kappa shape index (κ3) is 3.55. The van der Waals surface area contributed by atoms with Crippen LogP contribution in [0.3, 0.4) is 0 Å². The van der Waals surface area contributed by atoms with E-state index in [-0.39, 0.29) is 5.78 Å². The van der Waals surface area contributed by atoms with Crippen molar-refractivity contribution < 1.29 is 4.79 Å². The van der Waals surface area contributed by atoms with Crippen LogP contribution >= 0.6 is 11.6 Å². The van der Waals surface area contributed by atoms with Crippen molar-refractivity contribution in [2.75, 3.05) is 13.1 Å². The molecule has 0 atom stereocenters. The molecule has 0 N–H and O–H groups in total. The van der Waals surface area contributed by atoms with Gasteiger partial charge in [0.1, 0.15) is 0 Å². The van der Waals surface area contributed by atoms with Crippen LogP contribution in [0.2, 0.25) is 5.02 Å². The van der Waals surface area contributed by atoms with E-state index in [1.165, 1.54) is 12.8 Å². The number of Topliss-reactive ketones (excluding diaryl/α,β-unsaturated/α-hetero) is 1. The summed E-state index contributed by atoms with van der Waals surface area (Å²) in [6.07, 6.45) is 3.59. The van der Waals surface area contributed by atoms with E-state index >= 15 is 0 Å². The van der Waals surface area contributed by atoms with Crippen LogP contribution < -0.4 is 0 Å². The standard InChI is InChI=1S/C14H18ClNO/c1-2-9-16(13-7-8-13)10-14(17)11-3-5-12(15)6-4-11/h3-6,13H,2,7-10H2,1H3. The van der Waals surface area contributed by atoms with E-state index in [0.717, 1.165) is 18.5 Å². The summed E-state index contributed by atoms with van der Waals surface area (Å²) in [5, 5.41) is 0.675. The molecule has 1 saturated carbocycles. The molecule has 1 aromatic carbocycles. The van der Waals surface area contributed by atoms with E-state index < -0.39 is 0 Å². The molecule has 0 heterocycles. The molecule has 0 bridgehead atoms. The molecule has 0 saturated heterocycles. The number of hydrogen-bond acceptors (Lipinski definition) is 2. The summed E-state index contributed by atoms with van der Waals surface area (Å²) in [6, 6.07) is 7.81. The number of halogens is 1. The quantitative estimate of drug-likeness (QED) is 0.723. The fourth-order valence-corrected chi connectivity index (χ4v) is 2.16. The Morgan fingerprint density at radius 3 is 2.53 bits per heavy atom. The fraction of sp³-hybridized carbons (Fsp3) is 0.500. The highest BCUT2D eigenvalue weighted by atomic mass is 35.5. The molecule has 17 heavy (non-hydrogen) atoms. The van der Waals surface area contributed by atoms with Crippen molar-refractivity contribution in [1.82, 2.24) is 4.90 Å². The fourth-order valence-electron chi connectivity index (χ4n) is 2.03. The maximum atomic E-state index is 12.1. The van der Waals surface area contributed by atoms with Crippen LogP contribution in [0.4, 0.5) is 0 Å². The van der Waals surface area contributed by atoms with Crippen LogP contribution in [0.5, 0.6) is 0 Å². The zero-order chi connectivity index (χ0) is 12.3. The minimum atomic E-state index is 0.196. The summed E-state index contributed by atoms with van der Waals surface area (Å²) < 4.78 is 0. The minimum Gasteiger partial charge on any atom is -0.293 e. The van der Waals surface area contributed by atoms with Gasteiger partial charge in [0.2, 0.25) is 0 Å². The SMILES string of the molecule is CCCN(CC(=O)c1ccc(Cl)cc1)C1CC1. The van der Waals surface area contributed by atoms with E-state index in [0.29, 0.717) is 17.6 Å². The predicted octanol–water partition coefficient (Wildman–Crippen LogP) is 3.40. The van der Waals surface area contributed by atoms with Crippen LogP contribution in [-0.2, 0) is 0 Å². The average molecular weight is 252 g/mol. The molecular formula is C14H18ClNO. The maximum Gasteiger partial charge on any atom is 0.176 e. The Hall–Kier alpha value is -0.860. The van der Waals surface area contributed by atoms with Crippen molar-refractivity contribution in [3.05, 3.63) is 34.9 Å². The average Bonchev–Trinajstić information content (AvgIpc) is 3.13. The number of hydrogen-bond donors (Lipinski definition) is 0. The minimum absolute atomic E-state index is 0.196. The van der Waals surface area contributed by atoms with Crippen molar-refractivity contribution in [2.45, 2.75) is 32.2 Å². The molecule has 92 valence electrons. The Morgan fingerprint density at radius 2 is 2.00 bits per heavy atom. The Morgan fingerprint density at radius 1 is 1.35 bits per heavy atom. The second-order valence-corrected chi connectivity index (χ2v) is 5.07. The molecule has 1 aromatic rings. The van der Waals surface area contributed by atoms with Crippen LogP contribution in [0.25, 0.3) is 0 Å². The third-order valence-electron chi connectivity index (χ3n) is 3.09. The topological polar surface area (TPSA) is 20.3 Å². The highest BCUT2D eigenvalue weighted by Gasteiger charge is 2.29. The number of rotatable bonds is 6. The number of carbonyl (C=O) groups is 1. The molecule has 0 aromatic heterocycles. The molecule has 3 heteroatoms. The smallest absolute Gasteiger partial charge is 0.176 e. The number of benzene rings is 1. The van der Waals surface area contributed by atoms with E-state index in [2.05, 4.69) is 11.8 Å². The van der Waals surface area contributed by atoms with Crippen LogP contribution in [0, 0.1) is 0 Å². The molecule has 0 spiro atoms. The lowest BCUT2D eigenvalue weighted by molar-refractivity contribution is 0.0925. The molecule has 1 fully saturated rings. The van der Waals surface area contributed by atoms with Crippen molar-refractivity contribution >= 4 is 17.4 Å². The van der Waals surface area contributed by atoms with Gasteiger partial charge in [-0.1, -0.05) is 18.5 Å². The summed E-state index contributed by atoms with van der Waals surface area (Å²) >= 11 is 5.81. The van der Waals surface area contributed by atoms with Crippen molar-refractivity contribution in [3.63, 3.8) is 0 Å². The molecular weight excluding hydrogens is 234 g/mol. The summed E-state index contributed by atoms with van der Waals surface area (Å²) in [5.41, 5.74) is 0.760. The van der Waals surface area contributed by atoms with Crippen molar-refractivity contribution in [1.29, 1.82) is 0 Å². The van der Waals surface area contributed by atoms with E-state index in [1.807, 2.05) is 12.1 Å². The normalized spacial score (nSPS) is 15.2. The van der Waals surface area contributed by atoms with E-state index in [9.17, 15) is 4.79 Å². The van der Waals surface area contributed by atoms with Gasteiger partial charge in [-0.15, -0.1) is 0 Å². The van der Waals surface area contributed by atoms with Crippen molar-refractivity contribution in [3.8, 4) is 0 Å². The summed E-state index contributed by atoms with van der Waals surface area (Å²) in [7, 11) is 0. The van der Waals surface area contributed by atoms with Gasteiger partial charge in [-0.05, 0) is 50.1 Å². The van der Waals surface area contributed by atoms with Crippen molar-refractivity contribution in [2.24, 2.45) is 0 Å². The summed E-state index contributed by atoms with van der Waals surface area (Å²) in [4.78, 5) is 14.4. The Balaban J connectivity index is 1.97. The van der Waals surface area contributed by atoms with Gasteiger partial charge in [0, 0.05) is 16.6 Å². The van der Waals surface area contributed by atoms with Gasteiger partial charge in [0.15, 0.2) is 5.78 Å². The number of nitrogens with zero attached hydrogens (tertiary/aromatic N) is 1.